The van der Waals surface area contributed by atoms with E-state index in [1.54, 1.807) is 0 Å². The first-order valence-corrected chi connectivity index (χ1v) is 9.81. The normalized spacial score (nSPS) is 17.2. The molecular weight excluding hydrogens is 316 g/mol. The first kappa shape index (κ1) is 22.2. The van der Waals surface area contributed by atoms with Gasteiger partial charge in [-0.2, -0.15) is 0 Å². The fraction of sp³-hybridized carbons (Fsp3) is 0.950. The molecule has 1 rings (SSSR count). The Morgan fingerprint density at radius 3 is 2.20 bits per heavy atom. The lowest BCUT2D eigenvalue weighted by Gasteiger charge is -2.35. The number of ether oxygens (including phenoxy) is 1. The summed E-state index contributed by atoms with van der Waals surface area (Å²) in [4.78, 5) is 16.5. The summed E-state index contributed by atoms with van der Waals surface area (Å²) in [6.45, 7) is 17.5. The maximum atomic E-state index is 12.1. The number of rotatable bonds is 7. The van der Waals surface area contributed by atoms with E-state index >= 15 is 0 Å². The van der Waals surface area contributed by atoms with Gasteiger partial charge in [0.15, 0.2) is 0 Å². The quantitative estimate of drug-likeness (QED) is 0.755. The molecule has 1 saturated heterocycles. The van der Waals surface area contributed by atoms with Gasteiger partial charge in [-0.05, 0) is 64.3 Å². The van der Waals surface area contributed by atoms with Gasteiger partial charge in [0, 0.05) is 32.8 Å². The molecule has 0 atom stereocenters. The van der Waals surface area contributed by atoms with Crippen molar-refractivity contribution >= 4 is 6.09 Å². The summed E-state index contributed by atoms with van der Waals surface area (Å²) in [7, 11) is 0. The van der Waals surface area contributed by atoms with E-state index in [4.69, 9.17) is 9.84 Å². The number of carbonyl (C=O) groups excluding carboxylic acids is 1. The molecule has 1 aliphatic rings. The Bertz CT molecular complexity index is 391. The van der Waals surface area contributed by atoms with Gasteiger partial charge in [0.2, 0.25) is 0 Å². The van der Waals surface area contributed by atoms with E-state index < -0.39 is 5.60 Å². The van der Waals surface area contributed by atoms with E-state index in [0.717, 1.165) is 52.0 Å². The molecule has 0 spiro atoms. The van der Waals surface area contributed by atoms with Gasteiger partial charge in [-0.15, -0.1) is 0 Å². The van der Waals surface area contributed by atoms with Gasteiger partial charge in [0.05, 0.1) is 0 Å². The van der Waals surface area contributed by atoms with Gasteiger partial charge in [0.1, 0.15) is 5.60 Å². The minimum atomic E-state index is -0.423. The van der Waals surface area contributed by atoms with E-state index in [2.05, 4.69) is 25.7 Å². The summed E-state index contributed by atoms with van der Waals surface area (Å²) < 4.78 is 5.46. The molecule has 1 heterocycles. The summed E-state index contributed by atoms with van der Waals surface area (Å²) in [5, 5.41) is 9.12. The van der Waals surface area contributed by atoms with Crippen LogP contribution in [0.3, 0.4) is 0 Å². The molecule has 5 heteroatoms. The highest BCUT2D eigenvalue weighted by Crippen LogP contribution is 2.23. The number of likely N-dealkylation sites (tertiary alicyclic amines) is 1. The van der Waals surface area contributed by atoms with Crippen molar-refractivity contribution in [2.45, 2.75) is 72.8 Å². The fourth-order valence-corrected chi connectivity index (χ4v) is 3.33. The summed E-state index contributed by atoms with van der Waals surface area (Å²) in [5.41, 5.74) is -0.149. The Morgan fingerprint density at radius 2 is 1.72 bits per heavy atom. The first-order chi connectivity index (χ1) is 11.5. The van der Waals surface area contributed by atoms with Crippen molar-refractivity contribution in [2.75, 3.05) is 39.3 Å². The Labute approximate surface area is 154 Å². The molecule has 0 aromatic rings. The van der Waals surface area contributed by atoms with Crippen LogP contribution in [-0.2, 0) is 4.74 Å². The lowest BCUT2D eigenvalue weighted by Crippen LogP contribution is -2.42. The standard InChI is InChI=1S/C20H40N2O3/c1-19(2,3)16-21(11-7-15-23)12-8-17-9-13-22(14-10-17)18(24)25-20(4,5)6/h17,23H,7-16H2,1-6H3. The highest BCUT2D eigenvalue weighted by molar-refractivity contribution is 5.68. The maximum absolute atomic E-state index is 12.1. The Balaban J connectivity index is 2.37. The third kappa shape index (κ3) is 10.0. The van der Waals surface area contributed by atoms with E-state index in [9.17, 15) is 4.79 Å². The lowest BCUT2D eigenvalue weighted by molar-refractivity contribution is 0.0176. The van der Waals surface area contributed by atoms with Crippen LogP contribution in [0.4, 0.5) is 4.79 Å². The molecule has 0 aliphatic carbocycles. The highest BCUT2D eigenvalue weighted by Gasteiger charge is 2.27. The highest BCUT2D eigenvalue weighted by atomic mass is 16.6. The Morgan fingerprint density at radius 1 is 1.12 bits per heavy atom. The number of aliphatic hydroxyl groups is 1. The van der Waals surface area contributed by atoms with Crippen molar-refractivity contribution in [3.63, 3.8) is 0 Å². The molecule has 5 nitrogen and oxygen atoms in total. The van der Waals surface area contributed by atoms with E-state index in [1.807, 2.05) is 25.7 Å². The summed E-state index contributed by atoms with van der Waals surface area (Å²) in [6.07, 6.45) is 3.95. The van der Waals surface area contributed by atoms with Crippen LogP contribution in [0.2, 0.25) is 0 Å². The van der Waals surface area contributed by atoms with Crippen LogP contribution in [0.25, 0.3) is 0 Å². The van der Waals surface area contributed by atoms with Crippen molar-refractivity contribution < 1.29 is 14.6 Å². The zero-order valence-electron chi connectivity index (χ0n) is 17.3. The van der Waals surface area contributed by atoms with Crippen molar-refractivity contribution in [3.05, 3.63) is 0 Å². The average molecular weight is 357 g/mol. The molecule has 25 heavy (non-hydrogen) atoms. The summed E-state index contributed by atoms with van der Waals surface area (Å²) >= 11 is 0. The van der Waals surface area contributed by atoms with E-state index in [1.165, 1.54) is 6.42 Å². The molecular formula is C20H40N2O3. The number of carbonyl (C=O) groups is 1. The molecule has 1 amide bonds. The van der Waals surface area contributed by atoms with Gasteiger partial charge in [-0.3, -0.25) is 0 Å². The van der Waals surface area contributed by atoms with Crippen LogP contribution in [0.1, 0.15) is 67.2 Å². The van der Waals surface area contributed by atoms with Gasteiger partial charge in [-0.1, -0.05) is 20.8 Å². The summed E-state index contributed by atoms with van der Waals surface area (Å²) in [5.74, 6) is 0.676. The topological polar surface area (TPSA) is 53.0 Å². The Hall–Kier alpha value is -0.810. The maximum Gasteiger partial charge on any atom is 0.410 e. The van der Waals surface area contributed by atoms with Crippen LogP contribution in [0, 0.1) is 11.3 Å². The Kier molecular flexibility index (Phi) is 8.69. The third-order valence-electron chi connectivity index (χ3n) is 4.45. The zero-order valence-corrected chi connectivity index (χ0v) is 17.3. The molecule has 0 unspecified atom stereocenters. The average Bonchev–Trinajstić information content (AvgIpc) is 2.47. The first-order valence-electron chi connectivity index (χ1n) is 9.81. The van der Waals surface area contributed by atoms with Gasteiger partial charge in [0.25, 0.3) is 0 Å². The molecule has 1 aliphatic heterocycles. The van der Waals surface area contributed by atoms with Gasteiger partial charge >= 0.3 is 6.09 Å². The second-order valence-corrected chi connectivity index (χ2v) is 9.61. The largest absolute Gasteiger partial charge is 0.444 e. The number of amides is 1. The second kappa shape index (κ2) is 9.77. The predicted octanol–water partition coefficient (Wildman–Crippen LogP) is 3.75. The monoisotopic (exact) mass is 356 g/mol. The van der Waals surface area contributed by atoms with Crippen molar-refractivity contribution in [2.24, 2.45) is 11.3 Å². The molecule has 148 valence electrons. The molecule has 0 aromatic carbocycles. The number of hydrogen-bond donors (Lipinski definition) is 1. The molecule has 0 aromatic heterocycles. The van der Waals surface area contributed by atoms with Crippen LogP contribution < -0.4 is 0 Å². The van der Waals surface area contributed by atoms with Crippen LogP contribution in [-0.4, -0.2) is 65.9 Å². The molecule has 0 radical (unpaired) electrons. The number of nitrogens with zero attached hydrogens (tertiary/aromatic N) is 2. The number of piperidine rings is 1. The molecule has 0 saturated carbocycles. The van der Waals surface area contributed by atoms with Crippen molar-refractivity contribution in [3.8, 4) is 0 Å². The van der Waals surface area contributed by atoms with E-state index in [-0.39, 0.29) is 18.1 Å². The second-order valence-electron chi connectivity index (χ2n) is 9.61. The number of aliphatic hydroxyl groups excluding tert-OH is 1. The van der Waals surface area contributed by atoms with Crippen molar-refractivity contribution in [1.82, 2.24) is 9.80 Å². The van der Waals surface area contributed by atoms with Gasteiger partial charge < -0.3 is 19.6 Å². The molecule has 0 bridgehead atoms. The molecule has 1 N–H and O–H groups in total. The van der Waals surface area contributed by atoms with Crippen LogP contribution in [0.5, 0.6) is 0 Å². The minimum absolute atomic E-state index is 0.178. The predicted molar refractivity (Wildman–Crippen MR) is 103 cm³/mol. The van der Waals surface area contributed by atoms with Crippen LogP contribution in [0.15, 0.2) is 0 Å². The minimum Gasteiger partial charge on any atom is -0.444 e. The lowest BCUT2D eigenvalue weighted by atomic mass is 9.92. The third-order valence-corrected chi connectivity index (χ3v) is 4.45. The molecule has 1 fully saturated rings. The van der Waals surface area contributed by atoms with E-state index in [0.29, 0.717) is 5.92 Å². The zero-order chi connectivity index (χ0) is 19.1. The number of hydrogen-bond acceptors (Lipinski definition) is 4. The van der Waals surface area contributed by atoms with Crippen LogP contribution >= 0.6 is 0 Å². The van der Waals surface area contributed by atoms with Gasteiger partial charge in [-0.25, -0.2) is 4.79 Å². The van der Waals surface area contributed by atoms with Crippen molar-refractivity contribution in [1.29, 1.82) is 0 Å². The summed E-state index contributed by atoms with van der Waals surface area (Å²) in [6, 6.07) is 0. The smallest absolute Gasteiger partial charge is 0.410 e. The SMILES string of the molecule is CC(C)(C)CN(CCCO)CCC1CCN(C(=O)OC(C)(C)C)CC1. The fourth-order valence-electron chi connectivity index (χ4n) is 3.33.